The number of benzene rings is 1. The molecule has 0 unspecified atom stereocenters. The zero-order valence-electron chi connectivity index (χ0n) is 12.2. The Morgan fingerprint density at radius 1 is 1.38 bits per heavy atom. The summed E-state index contributed by atoms with van der Waals surface area (Å²) in [6.45, 7) is 4.86. The molecule has 0 bridgehead atoms. The monoisotopic (exact) mass is 308 g/mol. The van der Waals surface area contributed by atoms with Gasteiger partial charge in [-0.25, -0.2) is 0 Å². The smallest absolute Gasteiger partial charge is 0.254 e. The van der Waals surface area contributed by atoms with Crippen molar-refractivity contribution < 1.29 is 4.79 Å². The van der Waals surface area contributed by atoms with Crippen LogP contribution in [0.25, 0.3) is 0 Å². The number of carbonyl (C=O) groups excluding carboxylic acids is 1. The maximum absolute atomic E-state index is 12.1. The van der Waals surface area contributed by atoms with Gasteiger partial charge in [-0.2, -0.15) is 5.10 Å². The molecule has 5 nitrogen and oxygen atoms in total. The van der Waals surface area contributed by atoms with E-state index in [-0.39, 0.29) is 24.4 Å². The highest BCUT2D eigenvalue weighted by atomic mass is 35.5. The number of hydrogen-bond acceptors (Lipinski definition) is 3. The SMILES string of the molecule is Cc1c(C(=O)N[C@@H](C)CN)cnn1Cc1ccccc1.Cl. The molecule has 2 rings (SSSR count). The summed E-state index contributed by atoms with van der Waals surface area (Å²) in [5.41, 5.74) is 8.12. The lowest BCUT2D eigenvalue weighted by Gasteiger charge is -2.11. The van der Waals surface area contributed by atoms with Gasteiger partial charge in [0.15, 0.2) is 0 Å². The molecule has 0 spiro atoms. The standard InChI is InChI=1S/C15H20N4O.ClH/c1-11(8-16)18-15(20)14-9-17-19(12(14)2)10-13-6-4-3-5-7-13;/h3-7,9,11H,8,10,16H2,1-2H3,(H,18,20);1H/t11-;/m0./s1. The van der Waals surface area contributed by atoms with E-state index in [9.17, 15) is 4.79 Å². The summed E-state index contributed by atoms with van der Waals surface area (Å²) in [4.78, 5) is 12.1. The first kappa shape index (κ1) is 17.2. The van der Waals surface area contributed by atoms with E-state index in [4.69, 9.17) is 5.73 Å². The van der Waals surface area contributed by atoms with Gasteiger partial charge in [0.25, 0.3) is 5.91 Å². The number of nitrogens with one attached hydrogen (secondary N) is 1. The van der Waals surface area contributed by atoms with Crippen molar-refractivity contribution in [3.05, 3.63) is 53.3 Å². The van der Waals surface area contributed by atoms with Crippen LogP contribution in [0, 0.1) is 6.92 Å². The van der Waals surface area contributed by atoms with Crippen molar-refractivity contribution in [2.75, 3.05) is 6.54 Å². The molecular formula is C15H21ClN4O. The molecule has 21 heavy (non-hydrogen) atoms. The van der Waals surface area contributed by atoms with Gasteiger partial charge in [0, 0.05) is 18.3 Å². The zero-order chi connectivity index (χ0) is 14.5. The molecule has 0 saturated heterocycles. The molecule has 1 aromatic heterocycles. The molecule has 0 fully saturated rings. The summed E-state index contributed by atoms with van der Waals surface area (Å²) in [5, 5.41) is 7.14. The van der Waals surface area contributed by atoms with Crippen LogP contribution in [0.15, 0.2) is 36.5 Å². The lowest BCUT2D eigenvalue weighted by molar-refractivity contribution is 0.0940. The van der Waals surface area contributed by atoms with Crippen molar-refractivity contribution in [3.63, 3.8) is 0 Å². The van der Waals surface area contributed by atoms with Gasteiger partial charge in [0.1, 0.15) is 0 Å². The number of nitrogens with zero attached hydrogens (tertiary/aromatic N) is 2. The minimum Gasteiger partial charge on any atom is -0.348 e. The Hall–Kier alpha value is -1.85. The van der Waals surface area contributed by atoms with E-state index < -0.39 is 0 Å². The quantitative estimate of drug-likeness (QED) is 0.883. The normalized spacial score (nSPS) is 11.6. The molecule has 0 aliphatic rings. The average molecular weight is 309 g/mol. The van der Waals surface area contributed by atoms with Gasteiger partial charge in [0.05, 0.1) is 18.3 Å². The summed E-state index contributed by atoms with van der Waals surface area (Å²) < 4.78 is 1.83. The van der Waals surface area contributed by atoms with Gasteiger partial charge in [-0.1, -0.05) is 30.3 Å². The zero-order valence-corrected chi connectivity index (χ0v) is 13.1. The van der Waals surface area contributed by atoms with Gasteiger partial charge in [-0.05, 0) is 19.4 Å². The number of carbonyl (C=O) groups is 1. The second kappa shape index (κ2) is 7.81. The Balaban J connectivity index is 0.00000220. The number of hydrogen-bond donors (Lipinski definition) is 2. The van der Waals surface area contributed by atoms with Gasteiger partial charge < -0.3 is 11.1 Å². The molecule has 6 heteroatoms. The fourth-order valence-electron chi connectivity index (χ4n) is 1.95. The van der Waals surface area contributed by atoms with E-state index in [0.29, 0.717) is 18.7 Å². The minimum atomic E-state index is -0.125. The molecule has 2 aromatic rings. The number of amides is 1. The van der Waals surface area contributed by atoms with Crippen LogP contribution in [-0.2, 0) is 6.54 Å². The Morgan fingerprint density at radius 2 is 2.05 bits per heavy atom. The first-order valence-electron chi connectivity index (χ1n) is 6.69. The van der Waals surface area contributed by atoms with Crippen LogP contribution in [0.4, 0.5) is 0 Å². The molecule has 0 saturated carbocycles. The second-order valence-electron chi connectivity index (χ2n) is 4.90. The summed E-state index contributed by atoms with van der Waals surface area (Å²) >= 11 is 0. The van der Waals surface area contributed by atoms with Crippen molar-refractivity contribution >= 4 is 18.3 Å². The van der Waals surface area contributed by atoms with Crippen molar-refractivity contribution in [1.29, 1.82) is 0 Å². The van der Waals surface area contributed by atoms with Crippen LogP contribution in [0.3, 0.4) is 0 Å². The van der Waals surface area contributed by atoms with Crippen LogP contribution in [0.5, 0.6) is 0 Å². The summed E-state index contributed by atoms with van der Waals surface area (Å²) in [7, 11) is 0. The first-order chi connectivity index (χ1) is 9.61. The predicted molar refractivity (Wildman–Crippen MR) is 85.7 cm³/mol. The predicted octanol–water partition coefficient (Wildman–Crippen LogP) is 1.74. The molecule has 1 amide bonds. The van der Waals surface area contributed by atoms with Crippen LogP contribution in [0.1, 0.15) is 28.5 Å². The largest absolute Gasteiger partial charge is 0.348 e. The van der Waals surface area contributed by atoms with E-state index in [1.807, 2.05) is 48.9 Å². The highest BCUT2D eigenvalue weighted by molar-refractivity contribution is 5.95. The molecule has 1 atom stereocenters. The second-order valence-corrected chi connectivity index (χ2v) is 4.90. The molecule has 3 N–H and O–H groups in total. The number of aromatic nitrogens is 2. The number of nitrogens with two attached hydrogens (primary N) is 1. The first-order valence-corrected chi connectivity index (χ1v) is 6.69. The van der Waals surface area contributed by atoms with Gasteiger partial charge in [0.2, 0.25) is 0 Å². The van der Waals surface area contributed by atoms with E-state index in [0.717, 1.165) is 11.3 Å². The Labute approximate surface area is 130 Å². The molecule has 0 aliphatic carbocycles. The maximum Gasteiger partial charge on any atom is 0.254 e. The van der Waals surface area contributed by atoms with Crippen molar-refractivity contribution in [3.8, 4) is 0 Å². The van der Waals surface area contributed by atoms with Gasteiger partial charge in [-0.3, -0.25) is 9.48 Å². The third-order valence-electron chi connectivity index (χ3n) is 3.25. The van der Waals surface area contributed by atoms with E-state index in [1.165, 1.54) is 0 Å². The van der Waals surface area contributed by atoms with Crippen LogP contribution in [-0.4, -0.2) is 28.3 Å². The van der Waals surface area contributed by atoms with Crippen molar-refractivity contribution in [2.24, 2.45) is 5.73 Å². The van der Waals surface area contributed by atoms with Crippen molar-refractivity contribution in [1.82, 2.24) is 15.1 Å². The van der Waals surface area contributed by atoms with Crippen LogP contribution >= 0.6 is 12.4 Å². The Morgan fingerprint density at radius 3 is 2.67 bits per heavy atom. The summed E-state index contributed by atoms with van der Waals surface area (Å²) in [6, 6.07) is 10.00. The highest BCUT2D eigenvalue weighted by Crippen LogP contribution is 2.10. The number of halogens is 1. The van der Waals surface area contributed by atoms with E-state index >= 15 is 0 Å². The van der Waals surface area contributed by atoms with Gasteiger partial charge in [-0.15, -0.1) is 12.4 Å². The lowest BCUT2D eigenvalue weighted by Crippen LogP contribution is -2.37. The Bertz CT molecular complexity index is 583. The molecule has 0 aliphatic heterocycles. The van der Waals surface area contributed by atoms with E-state index in [2.05, 4.69) is 10.4 Å². The summed E-state index contributed by atoms with van der Waals surface area (Å²) in [5.74, 6) is -0.125. The van der Waals surface area contributed by atoms with Crippen LogP contribution < -0.4 is 11.1 Å². The molecule has 0 radical (unpaired) electrons. The highest BCUT2D eigenvalue weighted by Gasteiger charge is 2.15. The van der Waals surface area contributed by atoms with Crippen molar-refractivity contribution in [2.45, 2.75) is 26.4 Å². The molecule has 1 heterocycles. The number of rotatable bonds is 5. The molecule has 1 aromatic carbocycles. The fraction of sp³-hybridized carbons (Fsp3) is 0.333. The van der Waals surface area contributed by atoms with E-state index in [1.54, 1.807) is 6.20 Å². The Kier molecular flexibility index (Phi) is 6.39. The topological polar surface area (TPSA) is 72.9 Å². The molecule has 114 valence electrons. The third kappa shape index (κ3) is 4.31. The maximum atomic E-state index is 12.1. The minimum absolute atomic E-state index is 0. The van der Waals surface area contributed by atoms with Gasteiger partial charge >= 0.3 is 0 Å². The lowest BCUT2D eigenvalue weighted by atomic mass is 10.2. The molecular weight excluding hydrogens is 288 g/mol. The fourth-order valence-corrected chi connectivity index (χ4v) is 1.95. The third-order valence-corrected chi connectivity index (χ3v) is 3.25. The van der Waals surface area contributed by atoms with Crippen LogP contribution in [0.2, 0.25) is 0 Å². The summed E-state index contributed by atoms with van der Waals surface area (Å²) in [6.07, 6.45) is 1.61. The average Bonchev–Trinajstić information content (AvgIpc) is 2.81.